The summed E-state index contributed by atoms with van der Waals surface area (Å²) in [6.45, 7) is 0.268. The maximum Gasteiger partial charge on any atom is 0.165 e. The molecule has 112 valence electrons. The van der Waals surface area contributed by atoms with E-state index in [-0.39, 0.29) is 18.9 Å². The number of aliphatic hydroxyl groups excluding tert-OH is 1. The second-order valence-corrected chi connectivity index (χ2v) is 5.67. The molecule has 6 heteroatoms. The average molecular weight is 375 g/mol. The van der Waals surface area contributed by atoms with Crippen molar-refractivity contribution >= 4 is 33.2 Å². The number of halogens is 3. The van der Waals surface area contributed by atoms with Crippen LogP contribution in [0.25, 0.3) is 0 Å². The summed E-state index contributed by atoms with van der Waals surface area (Å²) < 4.78 is 19.4. The highest BCUT2D eigenvalue weighted by molar-refractivity contribution is 9.10. The first-order valence-corrected chi connectivity index (χ1v) is 7.47. The molecular formula is C15H14BrClFNO2. The summed E-state index contributed by atoms with van der Waals surface area (Å²) in [5, 5.41) is 13.4. The van der Waals surface area contributed by atoms with Crippen molar-refractivity contribution in [2.24, 2.45) is 0 Å². The molecule has 0 saturated carbocycles. The average Bonchev–Trinajstić information content (AvgIpc) is 2.47. The van der Waals surface area contributed by atoms with Gasteiger partial charge in [-0.05, 0) is 46.3 Å². The predicted molar refractivity (Wildman–Crippen MR) is 85.5 cm³/mol. The number of aliphatic hydroxyl groups is 1. The van der Waals surface area contributed by atoms with Crippen LogP contribution in [0.4, 0.5) is 10.1 Å². The first-order valence-electron chi connectivity index (χ1n) is 6.30. The number of ether oxygens (including phenoxy) is 1. The third-order valence-electron chi connectivity index (χ3n) is 2.73. The second-order valence-electron chi connectivity index (χ2n) is 4.41. The number of nitrogens with one attached hydrogen (secondary N) is 1. The highest BCUT2D eigenvalue weighted by atomic mass is 79.9. The van der Waals surface area contributed by atoms with Gasteiger partial charge in [-0.15, -0.1) is 0 Å². The Morgan fingerprint density at radius 1 is 1.29 bits per heavy atom. The molecule has 3 nitrogen and oxygen atoms in total. The fraction of sp³-hybridized carbons (Fsp3) is 0.200. The lowest BCUT2D eigenvalue weighted by molar-refractivity contribution is 0.115. The minimum Gasteiger partial charge on any atom is -0.488 e. The van der Waals surface area contributed by atoms with Crippen molar-refractivity contribution in [1.82, 2.24) is 0 Å². The molecule has 0 saturated heterocycles. The van der Waals surface area contributed by atoms with Crippen LogP contribution in [0.15, 0.2) is 46.9 Å². The molecule has 0 fully saturated rings. The third-order valence-corrected chi connectivity index (χ3v) is 3.96. The zero-order valence-electron chi connectivity index (χ0n) is 11.0. The second kappa shape index (κ2) is 7.64. The number of hydrogen-bond donors (Lipinski definition) is 2. The van der Waals surface area contributed by atoms with Gasteiger partial charge >= 0.3 is 0 Å². The Balaban J connectivity index is 1.81. The number of hydrogen-bond acceptors (Lipinski definition) is 3. The van der Waals surface area contributed by atoms with Crippen molar-refractivity contribution in [3.63, 3.8) is 0 Å². The number of anilines is 1. The van der Waals surface area contributed by atoms with E-state index in [9.17, 15) is 9.50 Å². The molecule has 0 amide bonds. The van der Waals surface area contributed by atoms with Crippen LogP contribution >= 0.6 is 27.5 Å². The summed E-state index contributed by atoms with van der Waals surface area (Å²) in [5.41, 5.74) is 0.785. The Bertz CT molecular complexity index is 612. The van der Waals surface area contributed by atoms with Gasteiger partial charge in [0, 0.05) is 16.7 Å². The van der Waals surface area contributed by atoms with Crippen LogP contribution in [0.3, 0.4) is 0 Å². The van der Waals surface area contributed by atoms with Crippen LogP contribution in [0.2, 0.25) is 5.02 Å². The van der Waals surface area contributed by atoms with Crippen LogP contribution < -0.4 is 10.1 Å². The lowest BCUT2D eigenvalue weighted by Gasteiger charge is -2.14. The topological polar surface area (TPSA) is 41.5 Å². The van der Waals surface area contributed by atoms with Crippen LogP contribution in [0, 0.1) is 5.82 Å². The Hall–Kier alpha value is -1.30. The standard InChI is InChI=1S/C15H14BrClFNO2/c16-12-6-5-10(7-13(12)17)19-8-11(20)9-21-15-4-2-1-3-14(15)18/h1-7,11,19-20H,8-9H2. The van der Waals surface area contributed by atoms with Crippen molar-refractivity contribution < 1.29 is 14.2 Å². The van der Waals surface area contributed by atoms with Gasteiger partial charge in [0.25, 0.3) is 0 Å². The SMILES string of the molecule is OC(CNc1ccc(Br)c(Cl)c1)COc1ccccc1F. The van der Waals surface area contributed by atoms with E-state index >= 15 is 0 Å². The van der Waals surface area contributed by atoms with Gasteiger partial charge in [-0.25, -0.2) is 4.39 Å². The van der Waals surface area contributed by atoms with E-state index in [1.54, 1.807) is 18.2 Å². The Kier molecular flexibility index (Phi) is 5.85. The van der Waals surface area contributed by atoms with Crippen molar-refractivity contribution in [2.75, 3.05) is 18.5 Å². The summed E-state index contributed by atoms with van der Waals surface area (Å²) >= 11 is 9.27. The fourth-order valence-corrected chi connectivity index (χ4v) is 2.08. The molecule has 1 atom stereocenters. The molecule has 0 aliphatic carbocycles. The first-order chi connectivity index (χ1) is 10.1. The highest BCUT2D eigenvalue weighted by Crippen LogP contribution is 2.25. The van der Waals surface area contributed by atoms with E-state index in [1.165, 1.54) is 12.1 Å². The van der Waals surface area contributed by atoms with Crippen molar-refractivity contribution in [3.05, 3.63) is 57.8 Å². The van der Waals surface area contributed by atoms with Gasteiger partial charge in [-0.2, -0.15) is 0 Å². The van der Waals surface area contributed by atoms with E-state index in [4.69, 9.17) is 16.3 Å². The lowest BCUT2D eigenvalue weighted by Crippen LogP contribution is -2.26. The highest BCUT2D eigenvalue weighted by Gasteiger charge is 2.08. The molecule has 0 aliphatic heterocycles. The zero-order valence-corrected chi connectivity index (χ0v) is 13.4. The zero-order chi connectivity index (χ0) is 15.2. The maximum atomic E-state index is 13.3. The predicted octanol–water partition coefficient (Wildman–Crippen LogP) is 4.09. The van der Waals surface area contributed by atoms with E-state index < -0.39 is 11.9 Å². The number of rotatable bonds is 6. The van der Waals surface area contributed by atoms with Gasteiger partial charge in [0.05, 0.1) is 5.02 Å². The van der Waals surface area contributed by atoms with Gasteiger partial charge in [-0.1, -0.05) is 23.7 Å². The molecule has 0 spiro atoms. The molecule has 1 unspecified atom stereocenters. The largest absolute Gasteiger partial charge is 0.488 e. The minimum absolute atomic E-state index is 0.00179. The van der Waals surface area contributed by atoms with Gasteiger partial charge in [0.2, 0.25) is 0 Å². The quantitative estimate of drug-likeness (QED) is 0.800. The molecule has 2 N–H and O–H groups in total. The molecule has 2 aromatic carbocycles. The first kappa shape index (κ1) is 16.1. The van der Waals surface area contributed by atoms with E-state index in [0.29, 0.717) is 5.02 Å². The van der Waals surface area contributed by atoms with Gasteiger partial charge in [0.15, 0.2) is 11.6 Å². The summed E-state index contributed by atoms with van der Waals surface area (Å²) in [4.78, 5) is 0. The summed E-state index contributed by atoms with van der Waals surface area (Å²) in [6.07, 6.45) is -0.771. The number of benzene rings is 2. The molecular weight excluding hydrogens is 361 g/mol. The Morgan fingerprint density at radius 3 is 2.76 bits per heavy atom. The molecule has 21 heavy (non-hydrogen) atoms. The Morgan fingerprint density at radius 2 is 2.05 bits per heavy atom. The number of para-hydroxylation sites is 1. The van der Waals surface area contributed by atoms with Crippen LogP contribution in [0.1, 0.15) is 0 Å². The van der Waals surface area contributed by atoms with Crippen LogP contribution in [0.5, 0.6) is 5.75 Å². The van der Waals surface area contributed by atoms with Gasteiger partial charge < -0.3 is 15.2 Å². The molecule has 0 radical (unpaired) electrons. The molecule has 0 heterocycles. The smallest absolute Gasteiger partial charge is 0.165 e. The maximum absolute atomic E-state index is 13.3. The lowest BCUT2D eigenvalue weighted by atomic mass is 10.3. The van der Waals surface area contributed by atoms with Gasteiger partial charge in [0.1, 0.15) is 12.7 Å². The minimum atomic E-state index is -0.771. The monoisotopic (exact) mass is 373 g/mol. The van der Waals surface area contributed by atoms with Crippen molar-refractivity contribution in [2.45, 2.75) is 6.10 Å². The van der Waals surface area contributed by atoms with Crippen LogP contribution in [-0.4, -0.2) is 24.4 Å². The fourth-order valence-electron chi connectivity index (χ4n) is 1.65. The van der Waals surface area contributed by atoms with E-state index in [0.717, 1.165) is 10.2 Å². The summed E-state index contributed by atoms with van der Waals surface area (Å²) in [5.74, 6) is -0.319. The van der Waals surface area contributed by atoms with E-state index in [1.807, 2.05) is 12.1 Å². The van der Waals surface area contributed by atoms with Crippen molar-refractivity contribution in [1.29, 1.82) is 0 Å². The van der Waals surface area contributed by atoms with Crippen molar-refractivity contribution in [3.8, 4) is 5.75 Å². The van der Waals surface area contributed by atoms with Gasteiger partial charge in [-0.3, -0.25) is 0 Å². The summed E-state index contributed by atoms with van der Waals surface area (Å²) in [6, 6.07) is 11.5. The molecule has 0 aromatic heterocycles. The molecule has 2 rings (SSSR count). The molecule has 0 bridgehead atoms. The normalized spacial score (nSPS) is 12.0. The molecule has 2 aromatic rings. The van der Waals surface area contributed by atoms with Crippen LogP contribution in [-0.2, 0) is 0 Å². The molecule has 0 aliphatic rings. The summed E-state index contributed by atoms with van der Waals surface area (Å²) in [7, 11) is 0. The van der Waals surface area contributed by atoms with E-state index in [2.05, 4.69) is 21.2 Å². The Labute approximate surface area is 135 Å². The third kappa shape index (κ3) is 4.88.